The summed E-state index contributed by atoms with van der Waals surface area (Å²) in [5.41, 5.74) is 1.23. The predicted octanol–water partition coefficient (Wildman–Crippen LogP) is 2.88. The summed E-state index contributed by atoms with van der Waals surface area (Å²) in [6, 6.07) is 10.2. The van der Waals surface area contributed by atoms with E-state index in [2.05, 4.69) is 10.3 Å². The van der Waals surface area contributed by atoms with Gasteiger partial charge in [-0.1, -0.05) is 6.07 Å². The van der Waals surface area contributed by atoms with Gasteiger partial charge in [-0.2, -0.15) is 0 Å². The number of rotatable bonds is 3. The number of aromatic nitrogens is 1. The fourth-order valence-corrected chi connectivity index (χ4v) is 1.98. The second-order valence-electron chi connectivity index (χ2n) is 4.12. The molecule has 0 fully saturated rings. The highest BCUT2D eigenvalue weighted by atomic mass is 127. The molecule has 0 aliphatic carbocycles. The van der Waals surface area contributed by atoms with Crippen LogP contribution in [0, 0.1) is 3.57 Å². The van der Waals surface area contributed by atoms with Gasteiger partial charge in [0.1, 0.15) is 5.75 Å². The van der Waals surface area contributed by atoms with E-state index < -0.39 is 0 Å². The van der Waals surface area contributed by atoms with Gasteiger partial charge in [0, 0.05) is 11.8 Å². The molecule has 5 heteroatoms. The summed E-state index contributed by atoms with van der Waals surface area (Å²) in [4.78, 5) is 16.2. The molecule has 1 heterocycles. The number of amides is 1. The first-order valence-corrected chi connectivity index (χ1v) is 6.86. The molecular formula is C14H13IN2O2. The third kappa shape index (κ3) is 3.44. The van der Waals surface area contributed by atoms with Gasteiger partial charge in [0.15, 0.2) is 0 Å². The number of phenols is 1. The lowest BCUT2D eigenvalue weighted by atomic mass is 10.1. The van der Waals surface area contributed by atoms with Crippen LogP contribution in [-0.2, 0) is 0 Å². The summed E-state index contributed by atoms with van der Waals surface area (Å²) >= 11 is 2.01. The largest absolute Gasteiger partial charge is 0.507 e. The maximum atomic E-state index is 12.0. The van der Waals surface area contributed by atoms with Crippen LogP contribution < -0.4 is 5.32 Å². The van der Waals surface area contributed by atoms with Crippen molar-refractivity contribution in [3.8, 4) is 5.75 Å². The van der Waals surface area contributed by atoms with Crippen molar-refractivity contribution in [2.75, 3.05) is 0 Å². The minimum atomic E-state index is -0.232. The maximum absolute atomic E-state index is 12.0. The Morgan fingerprint density at radius 3 is 2.79 bits per heavy atom. The number of carbonyl (C=O) groups is 1. The number of carbonyl (C=O) groups excluding carboxylic acids is 1. The second kappa shape index (κ2) is 6.01. The normalized spacial score (nSPS) is 11.9. The number of hydrogen-bond acceptors (Lipinski definition) is 3. The van der Waals surface area contributed by atoms with Gasteiger partial charge in [-0.05, 0) is 59.8 Å². The Kier molecular flexibility index (Phi) is 4.36. The fourth-order valence-electron chi connectivity index (χ4n) is 1.64. The van der Waals surface area contributed by atoms with Crippen LogP contribution in [-0.4, -0.2) is 16.0 Å². The minimum Gasteiger partial charge on any atom is -0.507 e. The van der Waals surface area contributed by atoms with Crippen LogP contribution in [0.1, 0.15) is 29.0 Å². The standard InChI is InChI=1S/C14H13IN2O2/c1-9(12-4-2-3-7-16-12)17-14(19)10-5-6-11(15)13(18)8-10/h2-9,18H,1H3,(H,17,19). The molecule has 0 spiro atoms. The van der Waals surface area contributed by atoms with Gasteiger partial charge < -0.3 is 10.4 Å². The number of nitrogens with zero attached hydrogens (tertiary/aromatic N) is 1. The summed E-state index contributed by atoms with van der Waals surface area (Å²) in [6.45, 7) is 1.87. The molecule has 19 heavy (non-hydrogen) atoms. The van der Waals surface area contributed by atoms with Crippen LogP contribution in [0.2, 0.25) is 0 Å². The van der Waals surface area contributed by atoms with Crippen LogP contribution in [0.5, 0.6) is 5.75 Å². The average molecular weight is 368 g/mol. The molecule has 98 valence electrons. The molecule has 0 saturated carbocycles. The molecule has 1 aromatic carbocycles. The number of pyridine rings is 1. The Morgan fingerprint density at radius 1 is 1.37 bits per heavy atom. The van der Waals surface area contributed by atoms with E-state index in [1.54, 1.807) is 18.3 Å². The van der Waals surface area contributed by atoms with Crippen molar-refractivity contribution in [3.63, 3.8) is 0 Å². The van der Waals surface area contributed by atoms with Crippen LogP contribution in [0.25, 0.3) is 0 Å². The lowest BCUT2D eigenvalue weighted by Gasteiger charge is -2.13. The lowest BCUT2D eigenvalue weighted by molar-refractivity contribution is 0.0938. The number of phenolic OH excluding ortho intramolecular Hbond substituents is 1. The molecule has 1 unspecified atom stereocenters. The van der Waals surface area contributed by atoms with Gasteiger partial charge >= 0.3 is 0 Å². The van der Waals surface area contributed by atoms with E-state index >= 15 is 0 Å². The zero-order valence-electron chi connectivity index (χ0n) is 10.3. The molecule has 2 N–H and O–H groups in total. The molecule has 0 bridgehead atoms. The van der Waals surface area contributed by atoms with E-state index in [1.807, 2.05) is 47.7 Å². The van der Waals surface area contributed by atoms with Crippen LogP contribution in [0.15, 0.2) is 42.6 Å². The third-order valence-electron chi connectivity index (χ3n) is 2.69. The van der Waals surface area contributed by atoms with E-state index in [-0.39, 0.29) is 17.7 Å². The van der Waals surface area contributed by atoms with E-state index in [4.69, 9.17) is 0 Å². The number of hydrogen-bond donors (Lipinski definition) is 2. The lowest BCUT2D eigenvalue weighted by Crippen LogP contribution is -2.27. The first kappa shape index (κ1) is 13.8. The molecular weight excluding hydrogens is 355 g/mol. The monoisotopic (exact) mass is 368 g/mol. The van der Waals surface area contributed by atoms with Crippen molar-refractivity contribution >= 4 is 28.5 Å². The SMILES string of the molecule is CC(NC(=O)c1ccc(I)c(O)c1)c1ccccn1. The highest BCUT2D eigenvalue weighted by Crippen LogP contribution is 2.21. The number of benzene rings is 1. The number of aromatic hydroxyl groups is 1. The molecule has 2 rings (SSSR count). The molecule has 1 atom stereocenters. The summed E-state index contributed by atoms with van der Waals surface area (Å²) in [7, 11) is 0. The smallest absolute Gasteiger partial charge is 0.251 e. The van der Waals surface area contributed by atoms with Crippen molar-refractivity contribution in [1.82, 2.24) is 10.3 Å². The fraction of sp³-hybridized carbons (Fsp3) is 0.143. The van der Waals surface area contributed by atoms with Crippen molar-refractivity contribution < 1.29 is 9.90 Å². The summed E-state index contributed by atoms with van der Waals surface area (Å²) in [5, 5.41) is 12.4. The third-order valence-corrected chi connectivity index (χ3v) is 3.60. The van der Waals surface area contributed by atoms with Crippen molar-refractivity contribution in [2.45, 2.75) is 13.0 Å². The van der Waals surface area contributed by atoms with Gasteiger partial charge in [0.05, 0.1) is 15.3 Å². The van der Waals surface area contributed by atoms with Gasteiger partial charge in [-0.15, -0.1) is 0 Å². The molecule has 0 saturated heterocycles. The zero-order valence-corrected chi connectivity index (χ0v) is 12.5. The Balaban J connectivity index is 2.11. The van der Waals surface area contributed by atoms with Crippen molar-refractivity contribution in [3.05, 3.63) is 57.4 Å². The van der Waals surface area contributed by atoms with Gasteiger partial charge in [-0.25, -0.2) is 0 Å². The number of nitrogens with one attached hydrogen (secondary N) is 1. The van der Waals surface area contributed by atoms with Crippen LogP contribution in [0.3, 0.4) is 0 Å². The molecule has 0 aliphatic heterocycles. The molecule has 4 nitrogen and oxygen atoms in total. The Hall–Kier alpha value is -1.63. The first-order valence-electron chi connectivity index (χ1n) is 5.78. The molecule has 0 radical (unpaired) electrons. The van der Waals surface area contributed by atoms with Gasteiger partial charge in [-0.3, -0.25) is 9.78 Å². The maximum Gasteiger partial charge on any atom is 0.251 e. The molecule has 0 aliphatic rings. The number of halogens is 1. The second-order valence-corrected chi connectivity index (χ2v) is 5.28. The summed E-state index contributed by atoms with van der Waals surface area (Å²) < 4.78 is 0.715. The van der Waals surface area contributed by atoms with E-state index in [0.29, 0.717) is 9.13 Å². The topological polar surface area (TPSA) is 62.2 Å². The quantitative estimate of drug-likeness (QED) is 0.820. The Morgan fingerprint density at radius 2 is 2.16 bits per heavy atom. The van der Waals surface area contributed by atoms with E-state index in [9.17, 15) is 9.90 Å². The molecule has 2 aromatic rings. The van der Waals surface area contributed by atoms with Crippen molar-refractivity contribution in [1.29, 1.82) is 0 Å². The summed E-state index contributed by atoms with van der Waals surface area (Å²) in [5.74, 6) is -0.122. The van der Waals surface area contributed by atoms with Gasteiger partial charge in [0.2, 0.25) is 0 Å². The highest BCUT2D eigenvalue weighted by molar-refractivity contribution is 14.1. The predicted molar refractivity (Wildman–Crippen MR) is 80.9 cm³/mol. The Bertz CT molecular complexity index is 587. The van der Waals surface area contributed by atoms with Crippen LogP contribution in [0.4, 0.5) is 0 Å². The zero-order chi connectivity index (χ0) is 13.8. The van der Waals surface area contributed by atoms with E-state index in [0.717, 1.165) is 5.69 Å². The van der Waals surface area contributed by atoms with Crippen molar-refractivity contribution in [2.24, 2.45) is 0 Å². The molecule has 1 amide bonds. The van der Waals surface area contributed by atoms with E-state index in [1.165, 1.54) is 6.07 Å². The van der Waals surface area contributed by atoms with Crippen LogP contribution >= 0.6 is 22.6 Å². The highest BCUT2D eigenvalue weighted by Gasteiger charge is 2.13. The summed E-state index contributed by atoms with van der Waals surface area (Å²) in [6.07, 6.45) is 1.69. The minimum absolute atomic E-state index is 0.110. The molecule has 1 aromatic heterocycles. The van der Waals surface area contributed by atoms with Gasteiger partial charge in [0.25, 0.3) is 5.91 Å². The Labute approximate surface area is 125 Å². The first-order chi connectivity index (χ1) is 9.08. The average Bonchev–Trinajstić information content (AvgIpc) is 2.42.